The molecule has 3 N–H and O–H groups in total. The number of aromatic nitrogens is 4. The maximum absolute atomic E-state index is 12.8. The molecule has 0 bridgehead atoms. The molecule has 2 saturated heterocycles. The van der Waals surface area contributed by atoms with Crippen LogP contribution < -0.4 is 5.32 Å². The SMILES string of the molecule is CCn1cc(C(=O)N[C@@]2(C)CCOC3(CCN(Cc4cnc[nH]4)CC3)[C@@H]2O)cn1. The summed E-state index contributed by atoms with van der Waals surface area (Å²) >= 11 is 0. The first-order valence-electron chi connectivity index (χ1n) is 10.3. The molecule has 9 heteroatoms. The summed E-state index contributed by atoms with van der Waals surface area (Å²) in [7, 11) is 0. The number of likely N-dealkylation sites (tertiary alicyclic amines) is 1. The zero-order valence-corrected chi connectivity index (χ0v) is 17.1. The number of rotatable bonds is 5. The number of nitrogens with one attached hydrogen (secondary N) is 2. The Morgan fingerprint density at radius 1 is 1.38 bits per heavy atom. The van der Waals surface area contributed by atoms with Crippen LogP contribution >= 0.6 is 0 Å². The van der Waals surface area contributed by atoms with E-state index in [1.165, 1.54) is 0 Å². The first-order chi connectivity index (χ1) is 13.9. The van der Waals surface area contributed by atoms with E-state index in [0.29, 0.717) is 25.1 Å². The Labute approximate surface area is 170 Å². The highest BCUT2D eigenvalue weighted by molar-refractivity contribution is 5.94. The Hall–Kier alpha value is -2.23. The number of aromatic amines is 1. The highest BCUT2D eigenvalue weighted by Crippen LogP contribution is 2.40. The predicted molar refractivity (Wildman–Crippen MR) is 106 cm³/mol. The van der Waals surface area contributed by atoms with Crippen molar-refractivity contribution in [2.75, 3.05) is 19.7 Å². The minimum Gasteiger partial charge on any atom is -0.388 e. The number of aliphatic hydroxyl groups is 1. The summed E-state index contributed by atoms with van der Waals surface area (Å²) in [5.74, 6) is -0.208. The molecule has 1 amide bonds. The molecule has 0 saturated carbocycles. The molecule has 1 spiro atoms. The molecular formula is C20H30N6O3. The van der Waals surface area contributed by atoms with Crippen LogP contribution in [-0.2, 0) is 17.8 Å². The number of carbonyl (C=O) groups is 1. The number of nitrogens with zero attached hydrogens (tertiary/aromatic N) is 4. The third kappa shape index (κ3) is 3.94. The molecule has 0 unspecified atom stereocenters. The molecule has 0 aromatic carbocycles. The quantitative estimate of drug-likeness (QED) is 0.687. The second kappa shape index (κ2) is 7.89. The van der Waals surface area contributed by atoms with Gasteiger partial charge < -0.3 is 20.1 Å². The lowest BCUT2D eigenvalue weighted by molar-refractivity contribution is -0.206. The third-order valence-electron chi connectivity index (χ3n) is 6.38. The van der Waals surface area contributed by atoms with Crippen LogP contribution in [0.4, 0.5) is 0 Å². The first kappa shape index (κ1) is 20.1. The Kier molecular flexibility index (Phi) is 5.46. The van der Waals surface area contributed by atoms with Crippen LogP contribution in [0.25, 0.3) is 0 Å². The number of hydrogen-bond donors (Lipinski definition) is 3. The molecule has 29 heavy (non-hydrogen) atoms. The summed E-state index contributed by atoms with van der Waals surface area (Å²) in [6, 6.07) is 0. The van der Waals surface area contributed by atoms with Crippen molar-refractivity contribution in [3.8, 4) is 0 Å². The van der Waals surface area contributed by atoms with Gasteiger partial charge in [0.15, 0.2) is 0 Å². The lowest BCUT2D eigenvalue weighted by Gasteiger charge is -2.53. The topological polar surface area (TPSA) is 108 Å². The zero-order chi connectivity index (χ0) is 20.5. The van der Waals surface area contributed by atoms with Gasteiger partial charge in [0.25, 0.3) is 5.91 Å². The van der Waals surface area contributed by atoms with Crippen molar-refractivity contribution < 1.29 is 14.6 Å². The van der Waals surface area contributed by atoms with Gasteiger partial charge in [0, 0.05) is 50.9 Å². The van der Waals surface area contributed by atoms with Crippen LogP contribution in [0, 0.1) is 0 Å². The lowest BCUT2D eigenvalue weighted by atomic mass is 9.73. The highest BCUT2D eigenvalue weighted by atomic mass is 16.5. The number of hydrogen-bond acceptors (Lipinski definition) is 6. The first-order valence-corrected chi connectivity index (χ1v) is 10.3. The average molecular weight is 402 g/mol. The number of H-pyrrole nitrogens is 1. The van der Waals surface area contributed by atoms with Crippen LogP contribution in [0.15, 0.2) is 24.9 Å². The van der Waals surface area contributed by atoms with Crippen LogP contribution in [0.2, 0.25) is 0 Å². The lowest BCUT2D eigenvalue weighted by Crippen LogP contribution is -2.69. The third-order valence-corrected chi connectivity index (χ3v) is 6.38. The van der Waals surface area contributed by atoms with Crippen LogP contribution in [0.3, 0.4) is 0 Å². The van der Waals surface area contributed by atoms with Crippen LogP contribution in [0.5, 0.6) is 0 Å². The van der Waals surface area contributed by atoms with Gasteiger partial charge in [0.1, 0.15) is 6.10 Å². The van der Waals surface area contributed by atoms with Crippen molar-refractivity contribution in [3.05, 3.63) is 36.2 Å². The maximum atomic E-state index is 12.8. The van der Waals surface area contributed by atoms with E-state index >= 15 is 0 Å². The van der Waals surface area contributed by atoms with E-state index in [4.69, 9.17) is 4.74 Å². The minimum absolute atomic E-state index is 0.208. The number of amides is 1. The van der Waals surface area contributed by atoms with Gasteiger partial charge in [-0.3, -0.25) is 14.4 Å². The Morgan fingerprint density at radius 2 is 2.17 bits per heavy atom. The van der Waals surface area contributed by atoms with Gasteiger partial charge in [0.2, 0.25) is 0 Å². The number of aliphatic hydroxyl groups excluding tert-OH is 1. The summed E-state index contributed by atoms with van der Waals surface area (Å²) in [4.78, 5) is 22.3. The molecule has 9 nitrogen and oxygen atoms in total. The van der Waals surface area contributed by atoms with E-state index in [2.05, 4.69) is 25.3 Å². The number of ether oxygens (including phenoxy) is 1. The number of carbonyl (C=O) groups excluding carboxylic acids is 1. The normalized spacial score (nSPS) is 27.2. The van der Waals surface area contributed by atoms with E-state index in [-0.39, 0.29) is 5.91 Å². The highest BCUT2D eigenvalue weighted by Gasteiger charge is 2.53. The minimum atomic E-state index is -0.775. The van der Waals surface area contributed by atoms with E-state index in [0.717, 1.165) is 38.2 Å². The molecule has 158 valence electrons. The summed E-state index contributed by atoms with van der Waals surface area (Å²) in [5.41, 5.74) is 0.221. The summed E-state index contributed by atoms with van der Waals surface area (Å²) in [6.45, 7) is 7.57. The van der Waals surface area contributed by atoms with E-state index in [1.807, 2.05) is 20.0 Å². The molecule has 2 fully saturated rings. The smallest absolute Gasteiger partial charge is 0.254 e. The summed E-state index contributed by atoms with van der Waals surface area (Å²) < 4.78 is 7.86. The van der Waals surface area contributed by atoms with Gasteiger partial charge in [-0.1, -0.05) is 0 Å². The number of piperidine rings is 1. The molecule has 2 aromatic heterocycles. The molecule has 2 aromatic rings. The van der Waals surface area contributed by atoms with Crippen LogP contribution in [-0.4, -0.2) is 72.6 Å². The van der Waals surface area contributed by atoms with Crippen LogP contribution in [0.1, 0.15) is 49.2 Å². The Bertz CT molecular complexity index is 827. The largest absolute Gasteiger partial charge is 0.388 e. The van der Waals surface area contributed by atoms with Crippen molar-refractivity contribution >= 4 is 5.91 Å². The Morgan fingerprint density at radius 3 is 2.83 bits per heavy atom. The van der Waals surface area contributed by atoms with Gasteiger partial charge >= 0.3 is 0 Å². The summed E-state index contributed by atoms with van der Waals surface area (Å²) in [6.07, 6.45) is 8.07. The van der Waals surface area contributed by atoms with E-state index in [1.54, 1.807) is 23.4 Å². The second-order valence-electron chi connectivity index (χ2n) is 8.38. The molecule has 4 rings (SSSR count). The van der Waals surface area contributed by atoms with Crippen molar-refractivity contribution in [3.63, 3.8) is 0 Å². The number of imidazole rings is 1. The molecule has 0 aliphatic carbocycles. The van der Waals surface area contributed by atoms with E-state index < -0.39 is 17.2 Å². The average Bonchev–Trinajstić information content (AvgIpc) is 3.40. The monoisotopic (exact) mass is 402 g/mol. The van der Waals surface area contributed by atoms with Crippen molar-refractivity contribution in [2.45, 2.75) is 63.4 Å². The molecule has 2 aliphatic heterocycles. The fourth-order valence-electron chi connectivity index (χ4n) is 4.50. The van der Waals surface area contributed by atoms with Crippen molar-refractivity contribution in [1.29, 1.82) is 0 Å². The predicted octanol–water partition coefficient (Wildman–Crippen LogP) is 0.931. The van der Waals surface area contributed by atoms with Gasteiger partial charge in [0.05, 0.1) is 29.2 Å². The molecule has 2 aliphatic rings. The fourth-order valence-corrected chi connectivity index (χ4v) is 4.50. The molecule has 0 radical (unpaired) electrons. The van der Waals surface area contributed by atoms with E-state index in [9.17, 15) is 9.90 Å². The standard InChI is InChI=1S/C20H30N6O3/c1-3-26-12-15(10-23-26)17(27)24-19(2)6-9-29-20(18(19)28)4-7-25(8-5-20)13-16-11-21-14-22-16/h10-12,14,18,28H,3-9,13H2,1-2H3,(H,21,22)(H,24,27)/t18-,19+/m1/s1. The van der Waals surface area contributed by atoms with Gasteiger partial charge in [-0.15, -0.1) is 0 Å². The summed E-state index contributed by atoms with van der Waals surface area (Å²) in [5, 5.41) is 18.5. The van der Waals surface area contributed by atoms with Gasteiger partial charge in [-0.25, -0.2) is 4.98 Å². The molecular weight excluding hydrogens is 372 g/mol. The number of aryl methyl sites for hydroxylation is 1. The zero-order valence-electron chi connectivity index (χ0n) is 17.1. The van der Waals surface area contributed by atoms with Crippen molar-refractivity contribution in [2.24, 2.45) is 0 Å². The van der Waals surface area contributed by atoms with Gasteiger partial charge in [-0.2, -0.15) is 5.10 Å². The van der Waals surface area contributed by atoms with Crippen molar-refractivity contribution in [1.82, 2.24) is 30.0 Å². The Balaban J connectivity index is 1.41. The fraction of sp³-hybridized carbons (Fsp3) is 0.650. The maximum Gasteiger partial charge on any atom is 0.254 e. The second-order valence-corrected chi connectivity index (χ2v) is 8.38. The molecule has 2 atom stereocenters. The molecule has 4 heterocycles. The van der Waals surface area contributed by atoms with Gasteiger partial charge in [-0.05, 0) is 33.1 Å².